The third kappa shape index (κ3) is 4.73. The molecule has 142 valence electrons. The molecule has 2 aromatic carbocycles. The number of anilines is 3. The van der Waals surface area contributed by atoms with E-state index in [2.05, 4.69) is 15.6 Å². The number of hydrogen-bond acceptors (Lipinski definition) is 5. The maximum Gasteiger partial charge on any atom is 0.340 e. The molecule has 0 atom stereocenters. The van der Waals surface area contributed by atoms with Gasteiger partial charge in [-0.1, -0.05) is 24.3 Å². The van der Waals surface area contributed by atoms with Gasteiger partial charge >= 0.3 is 5.97 Å². The summed E-state index contributed by atoms with van der Waals surface area (Å²) in [5.74, 6) is -0.718. The van der Waals surface area contributed by atoms with Gasteiger partial charge in [0.15, 0.2) is 0 Å². The number of hydrogen-bond donors (Lipinski definition) is 2. The summed E-state index contributed by atoms with van der Waals surface area (Å²) in [4.78, 5) is 28.8. The number of carbonyl (C=O) groups excluding carboxylic acids is 2. The standard InChI is InChI=1S/C22H21N3O3/c1-3-28-22(27)18-9-4-5-10-19(18)24-17-11-12-23-20(14-17)21(26)25-16-8-6-7-15(2)13-16/h4-14H,3H2,1-2H3,(H,23,24)(H,25,26). The number of aromatic nitrogens is 1. The van der Waals surface area contributed by atoms with E-state index in [1.165, 1.54) is 0 Å². The van der Waals surface area contributed by atoms with Crippen molar-refractivity contribution >= 4 is 28.9 Å². The van der Waals surface area contributed by atoms with Crippen LogP contribution in [-0.2, 0) is 4.74 Å². The number of benzene rings is 2. The van der Waals surface area contributed by atoms with Crippen LogP contribution in [0.2, 0.25) is 0 Å². The summed E-state index contributed by atoms with van der Waals surface area (Å²) in [6.45, 7) is 4.01. The largest absolute Gasteiger partial charge is 0.462 e. The molecule has 0 aliphatic carbocycles. The van der Waals surface area contributed by atoms with Gasteiger partial charge < -0.3 is 15.4 Å². The van der Waals surface area contributed by atoms with Crippen molar-refractivity contribution in [2.45, 2.75) is 13.8 Å². The van der Waals surface area contributed by atoms with Crippen LogP contribution in [0.5, 0.6) is 0 Å². The molecule has 0 saturated carbocycles. The molecule has 28 heavy (non-hydrogen) atoms. The Morgan fingerprint density at radius 2 is 1.82 bits per heavy atom. The van der Waals surface area contributed by atoms with Crippen LogP contribution in [0.15, 0.2) is 66.9 Å². The maximum absolute atomic E-state index is 12.5. The minimum absolute atomic E-state index is 0.264. The lowest BCUT2D eigenvalue weighted by Crippen LogP contribution is -2.14. The molecule has 1 aromatic heterocycles. The van der Waals surface area contributed by atoms with Gasteiger partial charge in [-0.3, -0.25) is 9.78 Å². The monoisotopic (exact) mass is 375 g/mol. The molecule has 0 spiro atoms. The van der Waals surface area contributed by atoms with Gasteiger partial charge in [0, 0.05) is 17.6 Å². The van der Waals surface area contributed by atoms with E-state index in [-0.39, 0.29) is 11.6 Å². The molecule has 3 rings (SSSR count). The molecule has 1 amide bonds. The van der Waals surface area contributed by atoms with Gasteiger partial charge in [0.05, 0.1) is 17.9 Å². The van der Waals surface area contributed by atoms with Crippen LogP contribution in [0.3, 0.4) is 0 Å². The number of ether oxygens (including phenoxy) is 1. The quantitative estimate of drug-likeness (QED) is 0.617. The molecule has 6 heteroatoms. The fourth-order valence-electron chi connectivity index (χ4n) is 2.68. The summed E-state index contributed by atoms with van der Waals surface area (Å²) in [7, 11) is 0. The van der Waals surface area contributed by atoms with Crippen LogP contribution < -0.4 is 10.6 Å². The zero-order valence-corrected chi connectivity index (χ0v) is 15.7. The van der Waals surface area contributed by atoms with E-state index in [0.29, 0.717) is 29.2 Å². The Bertz CT molecular complexity index is 1000. The van der Waals surface area contributed by atoms with Crippen molar-refractivity contribution in [3.05, 3.63) is 83.7 Å². The van der Waals surface area contributed by atoms with E-state index < -0.39 is 5.97 Å². The van der Waals surface area contributed by atoms with E-state index in [1.807, 2.05) is 37.3 Å². The topological polar surface area (TPSA) is 80.3 Å². The van der Waals surface area contributed by atoms with Crippen LogP contribution in [0, 0.1) is 6.92 Å². The number of carbonyl (C=O) groups is 2. The Morgan fingerprint density at radius 1 is 1.00 bits per heavy atom. The van der Waals surface area contributed by atoms with Crippen LogP contribution in [-0.4, -0.2) is 23.5 Å². The number of esters is 1. The first-order valence-electron chi connectivity index (χ1n) is 8.94. The van der Waals surface area contributed by atoms with E-state index in [1.54, 1.807) is 43.5 Å². The van der Waals surface area contributed by atoms with Crippen molar-refractivity contribution < 1.29 is 14.3 Å². The minimum Gasteiger partial charge on any atom is -0.462 e. The van der Waals surface area contributed by atoms with Gasteiger partial charge in [-0.05, 0) is 55.8 Å². The Balaban J connectivity index is 1.79. The van der Waals surface area contributed by atoms with E-state index in [4.69, 9.17) is 4.74 Å². The summed E-state index contributed by atoms with van der Waals surface area (Å²) in [6, 6.07) is 18.0. The molecule has 0 bridgehead atoms. The van der Waals surface area contributed by atoms with Gasteiger partial charge in [-0.2, -0.15) is 0 Å². The smallest absolute Gasteiger partial charge is 0.340 e. The van der Waals surface area contributed by atoms with Crippen molar-refractivity contribution in [2.75, 3.05) is 17.2 Å². The molecule has 2 N–H and O–H groups in total. The van der Waals surface area contributed by atoms with E-state index in [9.17, 15) is 9.59 Å². The lowest BCUT2D eigenvalue weighted by atomic mass is 10.1. The van der Waals surface area contributed by atoms with Crippen LogP contribution >= 0.6 is 0 Å². The van der Waals surface area contributed by atoms with Crippen molar-refractivity contribution in [1.82, 2.24) is 4.98 Å². The highest BCUT2D eigenvalue weighted by Gasteiger charge is 2.13. The zero-order chi connectivity index (χ0) is 19.9. The number of amides is 1. The second-order valence-corrected chi connectivity index (χ2v) is 6.14. The second kappa shape index (κ2) is 8.81. The first-order valence-corrected chi connectivity index (χ1v) is 8.94. The third-order valence-corrected chi connectivity index (χ3v) is 3.97. The predicted molar refractivity (Wildman–Crippen MR) is 109 cm³/mol. The fraction of sp³-hybridized carbons (Fsp3) is 0.136. The first kappa shape index (κ1) is 19.1. The SMILES string of the molecule is CCOC(=O)c1ccccc1Nc1ccnc(C(=O)Nc2cccc(C)c2)c1. The van der Waals surface area contributed by atoms with Crippen molar-refractivity contribution in [2.24, 2.45) is 0 Å². The van der Waals surface area contributed by atoms with Crippen molar-refractivity contribution in [1.29, 1.82) is 0 Å². The Kier molecular flexibility index (Phi) is 6.01. The van der Waals surface area contributed by atoms with Gasteiger partial charge in [0.1, 0.15) is 5.69 Å². The lowest BCUT2D eigenvalue weighted by molar-refractivity contribution is 0.0527. The summed E-state index contributed by atoms with van der Waals surface area (Å²) in [5, 5.41) is 5.99. The summed E-state index contributed by atoms with van der Waals surface area (Å²) < 4.78 is 5.09. The molecule has 6 nitrogen and oxygen atoms in total. The Morgan fingerprint density at radius 3 is 2.61 bits per heavy atom. The molecule has 0 saturated heterocycles. The number of nitrogens with zero attached hydrogens (tertiary/aromatic N) is 1. The average Bonchev–Trinajstić information content (AvgIpc) is 2.69. The predicted octanol–water partition coefficient (Wildman–Crippen LogP) is 4.56. The highest BCUT2D eigenvalue weighted by atomic mass is 16.5. The highest BCUT2D eigenvalue weighted by molar-refractivity contribution is 6.03. The first-order chi connectivity index (χ1) is 13.6. The van der Waals surface area contributed by atoms with Crippen LogP contribution in [0.25, 0.3) is 0 Å². The zero-order valence-electron chi connectivity index (χ0n) is 15.7. The van der Waals surface area contributed by atoms with Gasteiger partial charge in [-0.15, -0.1) is 0 Å². The van der Waals surface area contributed by atoms with E-state index >= 15 is 0 Å². The molecule has 0 fully saturated rings. The maximum atomic E-state index is 12.5. The van der Waals surface area contributed by atoms with Gasteiger partial charge in [0.25, 0.3) is 5.91 Å². The van der Waals surface area contributed by atoms with E-state index in [0.717, 1.165) is 5.56 Å². The Labute approximate surface area is 163 Å². The van der Waals surface area contributed by atoms with Gasteiger partial charge in [-0.25, -0.2) is 4.79 Å². The van der Waals surface area contributed by atoms with Crippen molar-refractivity contribution in [3.63, 3.8) is 0 Å². The summed E-state index contributed by atoms with van der Waals surface area (Å²) >= 11 is 0. The molecule has 0 unspecified atom stereocenters. The Hall–Kier alpha value is -3.67. The number of nitrogens with one attached hydrogen (secondary N) is 2. The molecular formula is C22H21N3O3. The van der Waals surface area contributed by atoms with Gasteiger partial charge in [0.2, 0.25) is 0 Å². The number of pyridine rings is 1. The molecular weight excluding hydrogens is 354 g/mol. The minimum atomic E-state index is -0.405. The van der Waals surface area contributed by atoms with Crippen LogP contribution in [0.4, 0.5) is 17.1 Å². The number of para-hydroxylation sites is 1. The molecule has 0 aliphatic rings. The fourth-order valence-corrected chi connectivity index (χ4v) is 2.68. The summed E-state index contributed by atoms with van der Waals surface area (Å²) in [5.41, 5.74) is 3.68. The highest BCUT2D eigenvalue weighted by Crippen LogP contribution is 2.22. The number of rotatable bonds is 6. The molecule has 1 heterocycles. The number of aryl methyl sites for hydroxylation is 1. The average molecular weight is 375 g/mol. The molecule has 0 aliphatic heterocycles. The van der Waals surface area contributed by atoms with Crippen molar-refractivity contribution in [3.8, 4) is 0 Å². The normalized spacial score (nSPS) is 10.2. The molecule has 0 radical (unpaired) electrons. The van der Waals surface area contributed by atoms with Crippen LogP contribution in [0.1, 0.15) is 33.3 Å². The lowest BCUT2D eigenvalue weighted by Gasteiger charge is -2.12. The second-order valence-electron chi connectivity index (χ2n) is 6.14. The molecule has 3 aromatic rings. The third-order valence-electron chi connectivity index (χ3n) is 3.97. The summed E-state index contributed by atoms with van der Waals surface area (Å²) in [6.07, 6.45) is 1.54.